The quantitative estimate of drug-likeness (QED) is 0.900. The molecule has 2 aromatic heterocycles. The van der Waals surface area contributed by atoms with Gasteiger partial charge >= 0.3 is 0 Å². The highest BCUT2D eigenvalue weighted by Crippen LogP contribution is 2.24. The van der Waals surface area contributed by atoms with E-state index in [0.29, 0.717) is 11.4 Å². The number of halogens is 1. The Kier molecular flexibility index (Phi) is 3.50. The number of nitrogens with zero attached hydrogens (tertiary/aromatic N) is 3. The third kappa shape index (κ3) is 2.63. The lowest BCUT2D eigenvalue weighted by molar-refractivity contribution is 0.401. The molecule has 0 aliphatic carbocycles. The highest BCUT2D eigenvalue weighted by atomic mass is 19.1. The second-order valence-electron chi connectivity index (χ2n) is 4.67. The fourth-order valence-electron chi connectivity index (χ4n) is 2.28. The summed E-state index contributed by atoms with van der Waals surface area (Å²) in [4.78, 5) is 8.00. The summed E-state index contributed by atoms with van der Waals surface area (Å²) in [6.45, 7) is 0.957. The smallest absolute Gasteiger partial charge is 0.261 e. The van der Waals surface area contributed by atoms with Crippen LogP contribution in [0.5, 0.6) is 0 Å². The minimum absolute atomic E-state index is 0.102. The molecule has 1 N–H and O–H groups in total. The van der Waals surface area contributed by atoms with Gasteiger partial charge in [0.2, 0.25) is 0 Å². The van der Waals surface area contributed by atoms with Crippen molar-refractivity contribution >= 4 is 0 Å². The molecule has 2 aromatic rings. The molecule has 1 fully saturated rings. The molecule has 1 aliphatic rings. The fraction of sp³-hybridized carbons (Fsp3) is 0.462. The Bertz CT molecular complexity index is 549. The van der Waals surface area contributed by atoms with E-state index in [0.717, 1.165) is 25.6 Å². The molecule has 0 aromatic carbocycles. The maximum Gasteiger partial charge on any atom is 0.261 e. The van der Waals surface area contributed by atoms with E-state index in [4.69, 9.17) is 4.52 Å². The Morgan fingerprint density at radius 3 is 3.16 bits per heavy atom. The van der Waals surface area contributed by atoms with Crippen LogP contribution >= 0.6 is 0 Å². The first-order valence-corrected chi connectivity index (χ1v) is 6.51. The fourth-order valence-corrected chi connectivity index (χ4v) is 2.28. The van der Waals surface area contributed by atoms with E-state index >= 15 is 0 Å². The number of hydrogen-bond acceptors (Lipinski definition) is 5. The molecular formula is C13H15FN4O. The summed E-state index contributed by atoms with van der Waals surface area (Å²) in [5, 5.41) is 7.35. The van der Waals surface area contributed by atoms with Gasteiger partial charge in [-0.3, -0.25) is 4.98 Å². The van der Waals surface area contributed by atoms with Crippen LogP contribution < -0.4 is 5.32 Å². The SMILES string of the molecule is Fc1cnccc1-c1nc(C2CCCCCN2)no1. The zero-order valence-electron chi connectivity index (χ0n) is 10.5. The summed E-state index contributed by atoms with van der Waals surface area (Å²) >= 11 is 0. The van der Waals surface area contributed by atoms with Gasteiger partial charge in [0.25, 0.3) is 5.89 Å². The Morgan fingerprint density at radius 2 is 2.26 bits per heavy atom. The first-order valence-electron chi connectivity index (χ1n) is 6.51. The van der Waals surface area contributed by atoms with E-state index in [2.05, 4.69) is 20.4 Å². The molecule has 100 valence electrons. The summed E-state index contributed by atoms with van der Waals surface area (Å²) in [5.41, 5.74) is 0.294. The second kappa shape index (κ2) is 5.44. The Balaban J connectivity index is 1.85. The lowest BCUT2D eigenvalue weighted by Gasteiger charge is -2.09. The molecule has 0 radical (unpaired) electrons. The van der Waals surface area contributed by atoms with Gasteiger partial charge in [0.05, 0.1) is 17.8 Å². The van der Waals surface area contributed by atoms with Gasteiger partial charge in [-0.2, -0.15) is 4.98 Å². The maximum absolute atomic E-state index is 13.6. The molecule has 0 bridgehead atoms. The highest BCUT2D eigenvalue weighted by Gasteiger charge is 2.21. The second-order valence-corrected chi connectivity index (χ2v) is 4.67. The van der Waals surface area contributed by atoms with Crippen LogP contribution in [-0.2, 0) is 0 Å². The topological polar surface area (TPSA) is 63.8 Å². The number of pyridine rings is 1. The highest BCUT2D eigenvalue weighted by molar-refractivity contribution is 5.52. The van der Waals surface area contributed by atoms with Crippen LogP contribution in [0, 0.1) is 5.82 Å². The van der Waals surface area contributed by atoms with Crippen LogP contribution in [0.3, 0.4) is 0 Å². The van der Waals surface area contributed by atoms with Crippen molar-refractivity contribution in [2.75, 3.05) is 6.54 Å². The average molecular weight is 262 g/mol. The van der Waals surface area contributed by atoms with Gasteiger partial charge in [0, 0.05) is 6.20 Å². The number of aromatic nitrogens is 3. The first kappa shape index (κ1) is 12.2. The molecule has 5 nitrogen and oxygen atoms in total. The monoisotopic (exact) mass is 262 g/mol. The van der Waals surface area contributed by atoms with Crippen molar-refractivity contribution in [3.8, 4) is 11.5 Å². The van der Waals surface area contributed by atoms with Gasteiger partial charge in [-0.05, 0) is 25.5 Å². The lowest BCUT2D eigenvalue weighted by atomic mass is 10.1. The number of nitrogens with one attached hydrogen (secondary N) is 1. The molecule has 0 amide bonds. The average Bonchev–Trinajstić information content (AvgIpc) is 2.75. The molecule has 19 heavy (non-hydrogen) atoms. The summed E-state index contributed by atoms with van der Waals surface area (Å²) in [5.74, 6) is 0.362. The largest absolute Gasteiger partial charge is 0.334 e. The third-order valence-electron chi connectivity index (χ3n) is 3.32. The standard InChI is InChI=1S/C13H15FN4O/c14-10-8-15-7-5-9(10)13-17-12(18-19-13)11-4-2-1-3-6-16-11/h5,7-8,11,16H,1-4,6H2. The molecule has 1 unspecified atom stereocenters. The Hall–Kier alpha value is -1.82. The van der Waals surface area contributed by atoms with Gasteiger partial charge in [0.15, 0.2) is 11.6 Å². The molecule has 1 saturated heterocycles. The Morgan fingerprint density at radius 1 is 1.32 bits per heavy atom. The van der Waals surface area contributed by atoms with Crippen LogP contribution in [0.1, 0.15) is 37.5 Å². The zero-order chi connectivity index (χ0) is 13.1. The van der Waals surface area contributed by atoms with Crippen LogP contribution in [0.25, 0.3) is 11.5 Å². The van der Waals surface area contributed by atoms with Gasteiger partial charge in [-0.25, -0.2) is 4.39 Å². The van der Waals surface area contributed by atoms with Crippen LogP contribution in [0.2, 0.25) is 0 Å². The number of rotatable bonds is 2. The molecular weight excluding hydrogens is 247 g/mol. The molecule has 1 atom stereocenters. The van der Waals surface area contributed by atoms with Gasteiger partial charge in [0.1, 0.15) is 0 Å². The minimum atomic E-state index is -0.452. The van der Waals surface area contributed by atoms with E-state index in [1.807, 2.05) is 0 Å². The molecule has 3 rings (SSSR count). The van der Waals surface area contributed by atoms with Crippen molar-refractivity contribution in [2.24, 2.45) is 0 Å². The van der Waals surface area contributed by atoms with E-state index < -0.39 is 5.82 Å². The zero-order valence-corrected chi connectivity index (χ0v) is 10.5. The molecule has 3 heterocycles. The summed E-state index contributed by atoms with van der Waals surface area (Å²) < 4.78 is 18.7. The summed E-state index contributed by atoms with van der Waals surface area (Å²) in [6.07, 6.45) is 7.16. The molecule has 0 saturated carbocycles. The maximum atomic E-state index is 13.6. The summed E-state index contributed by atoms with van der Waals surface area (Å²) in [6, 6.07) is 1.64. The number of hydrogen-bond donors (Lipinski definition) is 1. The predicted molar refractivity (Wildman–Crippen MR) is 66.7 cm³/mol. The van der Waals surface area contributed by atoms with Gasteiger partial charge in [-0.15, -0.1) is 0 Å². The predicted octanol–water partition coefficient (Wildman–Crippen LogP) is 2.48. The Labute approximate surface area is 110 Å². The van der Waals surface area contributed by atoms with Crippen molar-refractivity contribution in [3.63, 3.8) is 0 Å². The minimum Gasteiger partial charge on any atom is -0.334 e. The summed E-state index contributed by atoms with van der Waals surface area (Å²) in [7, 11) is 0. The molecule has 6 heteroatoms. The molecule has 1 aliphatic heterocycles. The van der Waals surface area contributed by atoms with E-state index in [1.54, 1.807) is 0 Å². The van der Waals surface area contributed by atoms with Crippen LogP contribution in [-0.4, -0.2) is 21.7 Å². The van der Waals surface area contributed by atoms with Crippen LogP contribution in [0.15, 0.2) is 23.0 Å². The third-order valence-corrected chi connectivity index (χ3v) is 3.32. The van der Waals surface area contributed by atoms with Crippen molar-refractivity contribution in [1.29, 1.82) is 0 Å². The van der Waals surface area contributed by atoms with Gasteiger partial charge < -0.3 is 9.84 Å². The lowest BCUT2D eigenvalue weighted by Crippen LogP contribution is -2.21. The van der Waals surface area contributed by atoms with E-state index in [9.17, 15) is 4.39 Å². The van der Waals surface area contributed by atoms with Crippen LogP contribution in [0.4, 0.5) is 4.39 Å². The van der Waals surface area contributed by atoms with E-state index in [1.165, 1.54) is 25.1 Å². The van der Waals surface area contributed by atoms with Crippen molar-refractivity contribution in [3.05, 3.63) is 30.1 Å². The van der Waals surface area contributed by atoms with Crippen molar-refractivity contribution < 1.29 is 8.91 Å². The van der Waals surface area contributed by atoms with E-state index in [-0.39, 0.29) is 11.9 Å². The van der Waals surface area contributed by atoms with Gasteiger partial charge in [-0.1, -0.05) is 18.0 Å². The first-order chi connectivity index (χ1) is 9.34. The van der Waals surface area contributed by atoms with Crippen molar-refractivity contribution in [1.82, 2.24) is 20.4 Å². The normalized spacial score (nSPS) is 20.2. The van der Waals surface area contributed by atoms with Crippen molar-refractivity contribution in [2.45, 2.75) is 31.7 Å². The molecule has 0 spiro atoms.